The predicted octanol–water partition coefficient (Wildman–Crippen LogP) is 4.78. The molecule has 0 aliphatic heterocycles. The zero-order chi connectivity index (χ0) is 12.3. The van der Waals surface area contributed by atoms with Crippen molar-refractivity contribution in [3.63, 3.8) is 0 Å². The van der Waals surface area contributed by atoms with Gasteiger partial charge in [-0.1, -0.05) is 55.5 Å². The van der Waals surface area contributed by atoms with Gasteiger partial charge in [-0.15, -0.1) is 6.58 Å². The Kier molecular flexibility index (Phi) is 3.38. The first kappa shape index (κ1) is 11.6. The van der Waals surface area contributed by atoms with Gasteiger partial charge in [0.15, 0.2) is 0 Å². The highest BCUT2D eigenvalue weighted by Crippen LogP contribution is 2.26. The molecule has 2 aromatic rings. The largest absolute Gasteiger partial charge is 0.206 e. The minimum absolute atomic E-state index is 0.175. The average Bonchev–Trinajstić information content (AvgIpc) is 2.38. The van der Waals surface area contributed by atoms with Crippen molar-refractivity contribution in [3.8, 4) is 11.1 Å². The third-order valence-corrected chi connectivity index (χ3v) is 2.96. The first-order chi connectivity index (χ1) is 8.22. The summed E-state index contributed by atoms with van der Waals surface area (Å²) in [4.78, 5) is 0. The van der Waals surface area contributed by atoms with Crippen LogP contribution >= 0.6 is 0 Å². The highest BCUT2D eigenvalue weighted by molar-refractivity contribution is 5.64. The topological polar surface area (TPSA) is 0 Å². The third-order valence-electron chi connectivity index (χ3n) is 2.96. The zero-order valence-corrected chi connectivity index (χ0v) is 9.86. The molecule has 0 saturated heterocycles. The van der Waals surface area contributed by atoms with Gasteiger partial charge in [-0.3, -0.25) is 0 Å². The second kappa shape index (κ2) is 4.96. The molecule has 1 heteroatoms. The van der Waals surface area contributed by atoms with Crippen LogP contribution in [0.1, 0.15) is 18.4 Å². The fourth-order valence-electron chi connectivity index (χ4n) is 1.80. The average molecular weight is 226 g/mol. The maximum absolute atomic E-state index is 14.0. The van der Waals surface area contributed by atoms with Crippen LogP contribution in [-0.4, -0.2) is 0 Å². The Morgan fingerprint density at radius 1 is 1.12 bits per heavy atom. The van der Waals surface area contributed by atoms with Gasteiger partial charge in [-0.25, -0.2) is 4.39 Å². The van der Waals surface area contributed by atoms with Gasteiger partial charge in [0.25, 0.3) is 0 Å². The fraction of sp³-hybridized carbons (Fsp3) is 0.125. The number of hydrogen-bond acceptors (Lipinski definition) is 0. The molecule has 0 amide bonds. The van der Waals surface area contributed by atoms with Crippen molar-refractivity contribution in [2.24, 2.45) is 0 Å². The van der Waals surface area contributed by atoms with E-state index in [2.05, 4.69) is 6.58 Å². The lowest BCUT2D eigenvalue weighted by atomic mass is 9.97. The van der Waals surface area contributed by atoms with Crippen molar-refractivity contribution < 1.29 is 4.39 Å². The van der Waals surface area contributed by atoms with Crippen LogP contribution in [-0.2, 0) is 0 Å². The molecule has 0 saturated carbocycles. The standard InChI is InChI=1S/C16H15F/c1-3-12(2)14-9-10-15(16(17)11-14)13-7-5-4-6-8-13/h3-12H,1H2,2H3/t12-/m1/s1. The van der Waals surface area contributed by atoms with Crippen LogP contribution < -0.4 is 0 Å². The molecule has 0 fully saturated rings. The van der Waals surface area contributed by atoms with E-state index < -0.39 is 0 Å². The van der Waals surface area contributed by atoms with Gasteiger partial charge in [0, 0.05) is 5.56 Å². The molecule has 2 aromatic carbocycles. The van der Waals surface area contributed by atoms with Crippen LogP contribution in [0.4, 0.5) is 4.39 Å². The van der Waals surface area contributed by atoms with Crippen molar-refractivity contribution >= 4 is 0 Å². The molecule has 0 N–H and O–H groups in total. The van der Waals surface area contributed by atoms with Gasteiger partial charge in [0.05, 0.1) is 0 Å². The molecule has 0 bridgehead atoms. The van der Waals surface area contributed by atoms with E-state index in [9.17, 15) is 4.39 Å². The first-order valence-corrected chi connectivity index (χ1v) is 5.70. The summed E-state index contributed by atoms with van der Waals surface area (Å²) in [5.74, 6) is -0.00303. The van der Waals surface area contributed by atoms with E-state index in [0.717, 1.165) is 11.1 Å². The number of allylic oxidation sites excluding steroid dienone is 1. The SMILES string of the molecule is C=C[C@@H](C)c1ccc(-c2ccccc2)c(F)c1. The van der Waals surface area contributed by atoms with Crippen LogP contribution in [0.5, 0.6) is 0 Å². The van der Waals surface area contributed by atoms with Gasteiger partial charge in [-0.05, 0) is 23.1 Å². The third kappa shape index (κ3) is 2.44. The maximum Gasteiger partial charge on any atom is 0.131 e. The van der Waals surface area contributed by atoms with Crippen LogP contribution in [0, 0.1) is 5.82 Å². The summed E-state index contributed by atoms with van der Waals surface area (Å²) in [5.41, 5.74) is 2.51. The molecule has 0 aromatic heterocycles. The molecule has 1 atom stereocenters. The van der Waals surface area contributed by atoms with E-state index in [1.54, 1.807) is 6.07 Å². The van der Waals surface area contributed by atoms with Crippen LogP contribution in [0.15, 0.2) is 61.2 Å². The van der Waals surface area contributed by atoms with Crippen LogP contribution in [0.3, 0.4) is 0 Å². The Morgan fingerprint density at radius 2 is 1.82 bits per heavy atom. The van der Waals surface area contributed by atoms with Gasteiger partial charge in [0.1, 0.15) is 5.82 Å². The maximum atomic E-state index is 14.0. The summed E-state index contributed by atoms with van der Waals surface area (Å²) in [6.07, 6.45) is 1.82. The zero-order valence-electron chi connectivity index (χ0n) is 9.86. The van der Waals surface area contributed by atoms with Crippen LogP contribution in [0.2, 0.25) is 0 Å². The Bertz CT molecular complexity index is 514. The van der Waals surface area contributed by atoms with Gasteiger partial charge in [0.2, 0.25) is 0 Å². The second-order valence-electron chi connectivity index (χ2n) is 4.13. The number of rotatable bonds is 3. The summed E-state index contributed by atoms with van der Waals surface area (Å²) in [7, 11) is 0. The Balaban J connectivity index is 2.42. The lowest BCUT2D eigenvalue weighted by Gasteiger charge is -2.09. The molecule has 86 valence electrons. The molecule has 0 heterocycles. The van der Waals surface area contributed by atoms with E-state index in [-0.39, 0.29) is 11.7 Å². The summed E-state index contributed by atoms with van der Waals surface area (Å²) >= 11 is 0. The molecular formula is C16H15F. The molecule has 0 aliphatic rings. The molecule has 0 spiro atoms. The molecule has 0 radical (unpaired) electrons. The van der Waals surface area contributed by atoms with Gasteiger partial charge >= 0.3 is 0 Å². The normalized spacial score (nSPS) is 12.1. The van der Waals surface area contributed by atoms with E-state index in [4.69, 9.17) is 0 Å². The lowest BCUT2D eigenvalue weighted by molar-refractivity contribution is 0.628. The molecule has 0 unspecified atom stereocenters. The van der Waals surface area contributed by atoms with E-state index >= 15 is 0 Å². The van der Waals surface area contributed by atoms with E-state index in [0.29, 0.717) is 5.56 Å². The quantitative estimate of drug-likeness (QED) is 0.660. The Hall–Kier alpha value is -1.89. The van der Waals surface area contributed by atoms with Crippen molar-refractivity contribution in [1.29, 1.82) is 0 Å². The molecule has 0 nitrogen and oxygen atoms in total. The molecule has 17 heavy (non-hydrogen) atoms. The Morgan fingerprint density at radius 3 is 2.41 bits per heavy atom. The van der Waals surface area contributed by atoms with E-state index in [1.165, 1.54) is 0 Å². The summed E-state index contributed by atoms with van der Waals surface area (Å²) in [6.45, 7) is 5.73. The minimum atomic E-state index is -0.178. The fourth-order valence-corrected chi connectivity index (χ4v) is 1.80. The summed E-state index contributed by atoms with van der Waals surface area (Å²) < 4.78 is 14.0. The van der Waals surface area contributed by atoms with Crippen molar-refractivity contribution in [1.82, 2.24) is 0 Å². The van der Waals surface area contributed by atoms with Crippen molar-refractivity contribution in [2.75, 3.05) is 0 Å². The molecular weight excluding hydrogens is 211 g/mol. The van der Waals surface area contributed by atoms with Crippen LogP contribution in [0.25, 0.3) is 11.1 Å². The van der Waals surface area contributed by atoms with Gasteiger partial charge < -0.3 is 0 Å². The first-order valence-electron chi connectivity index (χ1n) is 5.70. The summed E-state index contributed by atoms with van der Waals surface area (Å²) in [5, 5.41) is 0. The van der Waals surface area contributed by atoms with Crippen molar-refractivity contribution in [2.45, 2.75) is 12.8 Å². The lowest BCUT2D eigenvalue weighted by Crippen LogP contribution is -1.92. The molecule has 2 rings (SSSR count). The number of halogens is 1. The van der Waals surface area contributed by atoms with Crippen molar-refractivity contribution in [3.05, 3.63) is 72.6 Å². The Labute approximate surface area is 101 Å². The van der Waals surface area contributed by atoms with Gasteiger partial charge in [-0.2, -0.15) is 0 Å². The number of benzene rings is 2. The predicted molar refractivity (Wildman–Crippen MR) is 70.4 cm³/mol. The molecule has 0 aliphatic carbocycles. The smallest absolute Gasteiger partial charge is 0.131 e. The van der Waals surface area contributed by atoms with E-state index in [1.807, 2.05) is 55.5 Å². The number of hydrogen-bond donors (Lipinski definition) is 0. The second-order valence-corrected chi connectivity index (χ2v) is 4.13. The monoisotopic (exact) mass is 226 g/mol. The highest BCUT2D eigenvalue weighted by atomic mass is 19.1. The minimum Gasteiger partial charge on any atom is -0.206 e. The summed E-state index contributed by atoms with van der Waals surface area (Å²) in [6, 6.07) is 15.0. The highest BCUT2D eigenvalue weighted by Gasteiger charge is 2.08.